The van der Waals surface area contributed by atoms with Gasteiger partial charge in [-0.15, -0.1) is 0 Å². The Morgan fingerprint density at radius 1 is 1.00 bits per heavy atom. The fraction of sp³-hybridized carbons (Fsp3) is 0. The van der Waals surface area contributed by atoms with Gasteiger partial charge >= 0.3 is 6.16 Å². The molecule has 2 aromatic rings. The molecule has 0 aliphatic rings. The Kier molecular flexibility index (Phi) is 3.54. The third-order valence-corrected chi connectivity index (χ3v) is 1.78. The van der Waals surface area contributed by atoms with Crippen LogP contribution in [0.5, 0.6) is 11.6 Å². The number of benzene rings is 1. The molecule has 2 rings (SSSR count). The number of nitrogens with zero attached hydrogens (tertiary/aromatic N) is 1. The molecule has 0 saturated heterocycles. The summed E-state index contributed by atoms with van der Waals surface area (Å²) in [6.45, 7) is 0. The zero-order valence-electron chi connectivity index (χ0n) is 8.78. The molecule has 0 amide bonds. The predicted molar refractivity (Wildman–Crippen MR) is 58.4 cm³/mol. The first-order chi connectivity index (χ1) is 8.34. The first-order valence-electron chi connectivity index (χ1n) is 4.87. The second-order valence-electron chi connectivity index (χ2n) is 3.00. The van der Waals surface area contributed by atoms with Crippen molar-refractivity contribution in [2.24, 2.45) is 0 Å². The molecule has 5 nitrogen and oxygen atoms in total. The van der Waals surface area contributed by atoms with Crippen LogP contribution in [-0.4, -0.2) is 11.1 Å². The molecule has 0 spiro atoms. The summed E-state index contributed by atoms with van der Waals surface area (Å²) in [5, 5.41) is 0. The number of aromatic nitrogens is 1. The van der Waals surface area contributed by atoms with Crippen LogP contribution in [0, 0.1) is 0 Å². The van der Waals surface area contributed by atoms with E-state index < -0.39 is 6.16 Å². The van der Waals surface area contributed by atoms with Crippen LogP contribution < -0.4 is 9.62 Å². The fourth-order valence-corrected chi connectivity index (χ4v) is 1.07. The number of rotatable bonds is 3. The molecule has 0 bridgehead atoms. The standard InChI is InChI=1S/C12H9NO4/c14-12(15-10-6-2-1-3-7-10)17-16-11-8-4-5-9-13-11/h1-9H. The molecule has 0 atom stereocenters. The monoisotopic (exact) mass is 231 g/mol. The molecular formula is C12H9NO4. The van der Waals surface area contributed by atoms with Gasteiger partial charge in [0.15, 0.2) is 0 Å². The maximum absolute atomic E-state index is 11.2. The van der Waals surface area contributed by atoms with Crippen molar-refractivity contribution >= 4 is 6.16 Å². The molecule has 5 heteroatoms. The van der Waals surface area contributed by atoms with Gasteiger partial charge < -0.3 is 4.74 Å². The summed E-state index contributed by atoms with van der Waals surface area (Å²) in [6.07, 6.45) is 0.558. The van der Waals surface area contributed by atoms with E-state index in [0.717, 1.165) is 0 Å². The fourth-order valence-electron chi connectivity index (χ4n) is 1.07. The van der Waals surface area contributed by atoms with Crippen LogP contribution in [-0.2, 0) is 4.89 Å². The van der Waals surface area contributed by atoms with Crippen LogP contribution >= 0.6 is 0 Å². The number of carbonyl (C=O) groups excluding carboxylic acids is 1. The van der Waals surface area contributed by atoms with Gasteiger partial charge in [-0.05, 0) is 18.2 Å². The van der Waals surface area contributed by atoms with Crippen molar-refractivity contribution in [1.82, 2.24) is 4.98 Å². The van der Waals surface area contributed by atoms with Crippen molar-refractivity contribution in [3.63, 3.8) is 0 Å². The molecule has 0 radical (unpaired) electrons. The highest BCUT2D eigenvalue weighted by atomic mass is 17.2. The Morgan fingerprint density at radius 3 is 2.47 bits per heavy atom. The van der Waals surface area contributed by atoms with E-state index >= 15 is 0 Å². The molecule has 0 N–H and O–H groups in total. The summed E-state index contributed by atoms with van der Waals surface area (Å²) in [4.78, 5) is 24.1. The zero-order chi connectivity index (χ0) is 11.9. The minimum Gasteiger partial charge on any atom is -0.393 e. The second-order valence-corrected chi connectivity index (χ2v) is 3.00. The number of hydrogen-bond donors (Lipinski definition) is 0. The lowest BCUT2D eigenvalue weighted by atomic mass is 10.3. The van der Waals surface area contributed by atoms with E-state index in [1.807, 2.05) is 6.07 Å². The lowest BCUT2D eigenvalue weighted by Gasteiger charge is -2.03. The first kappa shape index (κ1) is 10.9. The van der Waals surface area contributed by atoms with E-state index in [1.165, 1.54) is 6.20 Å². The number of hydrogen-bond acceptors (Lipinski definition) is 5. The summed E-state index contributed by atoms with van der Waals surface area (Å²) in [7, 11) is 0. The average molecular weight is 231 g/mol. The molecule has 1 heterocycles. The predicted octanol–water partition coefficient (Wildman–Crippen LogP) is 2.59. The topological polar surface area (TPSA) is 57.7 Å². The molecule has 86 valence electrons. The van der Waals surface area contributed by atoms with Crippen LogP contribution in [0.25, 0.3) is 0 Å². The van der Waals surface area contributed by atoms with Gasteiger partial charge in [0.1, 0.15) is 5.75 Å². The smallest absolute Gasteiger partial charge is 0.393 e. The highest BCUT2D eigenvalue weighted by Crippen LogP contribution is 2.10. The maximum Gasteiger partial charge on any atom is 0.555 e. The van der Waals surface area contributed by atoms with Gasteiger partial charge in [-0.2, -0.15) is 4.79 Å². The highest BCUT2D eigenvalue weighted by Gasteiger charge is 2.08. The van der Waals surface area contributed by atoms with Gasteiger partial charge in [0.05, 0.1) is 0 Å². The van der Waals surface area contributed by atoms with E-state index in [-0.39, 0.29) is 5.88 Å². The molecule has 1 aromatic heterocycles. The Balaban J connectivity index is 1.83. The summed E-state index contributed by atoms with van der Waals surface area (Å²) >= 11 is 0. The van der Waals surface area contributed by atoms with Gasteiger partial charge in [0.2, 0.25) is 0 Å². The minimum absolute atomic E-state index is 0.178. The molecule has 0 unspecified atom stereocenters. The van der Waals surface area contributed by atoms with Gasteiger partial charge in [-0.3, -0.25) is 4.89 Å². The van der Waals surface area contributed by atoms with Gasteiger partial charge in [0.25, 0.3) is 5.88 Å². The van der Waals surface area contributed by atoms with Crippen molar-refractivity contribution in [2.45, 2.75) is 0 Å². The quantitative estimate of drug-likeness (QED) is 0.351. The van der Waals surface area contributed by atoms with E-state index in [9.17, 15) is 4.79 Å². The molecule has 0 aliphatic heterocycles. The summed E-state index contributed by atoms with van der Waals surface area (Å²) < 4.78 is 4.82. The van der Waals surface area contributed by atoms with Crippen LogP contribution in [0.4, 0.5) is 4.79 Å². The molecule has 0 aliphatic carbocycles. The SMILES string of the molecule is O=C(OOc1ccccn1)Oc1ccccc1. The lowest BCUT2D eigenvalue weighted by Crippen LogP contribution is -2.13. The molecular weight excluding hydrogens is 222 g/mol. The minimum atomic E-state index is -0.957. The molecule has 17 heavy (non-hydrogen) atoms. The van der Waals surface area contributed by atoms with Crippen LogP contribution in [0.2, 0.25) is 0 Å². The zero-order valence-corrected chi connectivity index (χ0v) is 8.78. The van der Waals surface area contributed by atoms with Crippen molar-refractivity contribution in [1.29, 1.82) is 0 Å². The van der Waals surface area contributed by atoms with Gasteiger partial charge in [-0.25, -0.2) is 9.87 Å². The normalized spacial score (nSPS) is 9.41. The van der Waals surface area contributed by atoms with Crippen LogP contribution in [0.3, 0.4) is 0 Å². The van der Waals surface area contributed by atoms with Gasteiger partial charge in [-0.1, -0.05) is 24.3 Å². The largest absolute Gasteiger partial charge is 0.555 e. The van der Waals surface area contributed by atoms with Gasteiger partial charge in [0, 0.05) is 12.3 Å². The average Bonchev–Trinajstić information content (AvgIpc) is 2.39. The second kappa shape index (κ2) is 5.50. The lowest BCUT2D eigenvalue weighted by molar-refractivity contribution is -0.161. The van der Waals surface area contributed by atoms with Crippen molar-refractivity contribution in [3.05, 3.63) is 54.7 Å². The van der Waals surface area contributed by atoms with Crippen LogP contribution in [0.1, 0.15) is 0 Å². The van der Waals surface area contributed by atoms with E-state index in [1.54, 1.807) is 42.5 Å². The number of carbonyl (C=O) groups is 1. The summed E-state index contributed by atoms with van der Waals surface area (Å²) in [5.74, 6) is 0.555. The number of ether oxygens (including phenoxy) is 1. The molecule has 1 aromatic carbocycles. The summed E-state index contributed by atoms with van der Waals surface area (Å²) in [6, 6.07) is 13.5. The van der Waals surface area contributed by atoms with Crippen LogP contribution in [0.15, 0.2) is 54.7 Å². The Morgan fingerprint density at radius 2 is 1.76 bits per heavy atom. The first-order valence-corrected chi connectivity index (χ1v) is 4.87. The number of pyridine rings is 1. The van der Waals surface area contributed by atoms with E-state index in [2.05, 4.69) is 14.8 Å². The van der Waals surface area contributed by atoms with Crippen molar-refractivity contribution in [2.75, 3.05) is 0 Å². The Bertz CT molecular complexity index is 472. The highest BCUT2D eigenvalue weighted by molar-refractivity contribution is 5.63. The van der Waals surface area contributed by atoms with E-state index in [0.29, 0.717) is 5.75 Å². The summed E-state index contributed by atoms with van der Waals surface area (Å²) in [5.41, 5.74) is 0. The number of para-hydroxylation sites is 1. The Hall–Kier alpha value is -2.56. The third kappa shape index (κ3) is 3.49. The van der Waals surface area contributed by atoms with Crippen molar-refractivity contribution < 1.29 is 19.3 Å². The van der Waals surface area contributed by atoms with E-state index in [4.69, 9.17) is 4.74 Å². The molecule has 0 fully saturated rings. The maximum atomic E-state index is 11.2. The Labute approximate surface area is 97.5 Å². The third-order valence-electron chi connectivity index (χ3n) is 1.78. The molecule has 0 saturated carbocycles. The van der Waals surface area contributed by atoms with Crippen molar-refractivity contribution in [3.8, 4) is 11.6 Å².